The number of piperidine rings is 1. The van der Waals surface area contributed by atoms with Crippen molar-refractivity contribution in [2.75, 3.05) is 19.6 Å². The van der Waals surface area contributed by atoms with Crippen LogP contribution in [0.15, 0.2) is 0 Å². The first-order valence-electron chi connectivity index (χ1n) is 8.34. The van der Waals surface area contributed by atoms with Gasteiger partial charge in [0, 0.05) is 25.2 Å². The lowest BCUT2D eigenvalue weighted by molar-refractivity contribution is 0.155. The zero-order chi connectivity index (χ0) is 12.4. The third kappa shape index (κ3) is 2.75. The summed E-state index contributed by atoms with van der Waals surface area (Å²) in [6.07, 6.45) is 11.7. The fourth-order valence-electron chi connectivity index (χ4n) is 4.59. The van der Waals surface area contributed by atoms with Gasteiger partial charge in [-0.05, 0) is 56.9 Å². The Hall–Kier alpha value is -0.0800. The van der Waals surface area contributed by atoms with Gasteiger partial charge in [0.05, 0.1) is 0 Å². The quantitative estimate of drug-likeness (QED) is 0.828. The maximum atomic E-state index is 3.74. The Morgan fingerprint density at radius 1 is 1.06 bits per heavy atom. The summed E-state index contributed by atoms with van der Waals surface area (Å²) in [5, 5.41) is 3.74. The molecule has 1 saturated carbocycles. The van der Waals surface area contributed by atoms with Crippen LogP contribution < -0.4 is 5.32 Å². The number of nitrogens with one attached hydrogen (secondary N) is 1. The van der Waals surface area contributed by atoms with Crippen molar-refractivity contribution in [3.63, 3.8) is 0 Å². The van der Waals surface area contributed by atoms with Crippen LogP contribution in [0.25, 0.3) is 0 Å². The number of likely N-dealkylation sites (tertiary alicyclic amines) is 1. The normalized spacial score (nSPS) is 41.8. The number of hydrogen-bond acceptors (Lipinski definition) is 2. The van der Waals surface area contributed by atoms with E-state index in [-0.39, 0.29) is 0 Å². The topological polar surface area (TPSA) is 15.3 Å². The molecule has 18 heavy (non-hydrogen) atoms. The van der Waals surface area contributed by atoms with E-state index in [4.69, 9.17) is 0 Å². The molecule has 104 valence electrons. The van der Waals surface area contributed by atoms with Gasteiger partial charge in [0.15, 0.2) is 0 Å². The summed E-state index contributed by atoms with van der Waals surface area (Å²) in [7, 11) is 0. The van der Waals surface area contributed by atoms with E-state index in [1.165, 1.54) is 71.0 Å². The minimum absolute atomic E-state index is 0.826. The SMILES string of the molecule is CCCC1CCC(N2C[C@@H]3CCCN[C@@H]3C2)CC1. The molecule has 0 unspecified atom stereocenters. The summed E-state index contributed by atoms with van der Waals surface area (Å²) in [4.78, 5) is 2.83. The first kappa shape index (κ1) is 12.9. The molecule has 3 fully saturated rings. The number of nitrogens with zero attached hydrogens (tertiary/aromatic N) is 1. The summed E-state index contributed by atoms with van der Waals surface area (Å²) in [5.74, 6) is 2.02. The highest BCUT2D eigenvalue weighted by Gasteiger charge is 2.37. The van der Waals surface area contributed by atoms with Crippen LogP contribution in [0.2, 0.25) is 0 Å². The molecule has 3 aliphatic rings. The third-order valence-electron chi connectivity index (χ3n) is 5.66. The van der Waals surface area contributed by atoms with E-state index in [2.05, 4.69) is 17.1 Å². The minimum Gasteiger partial charge on any atom is -0.312 e. The van der Waals surface area contributed by atoms with Crippen LogP contribution in [0, 0.1) is 11.8 Å². The fraction of sp³-hybridized carbons (Fsp3) is 1.00. The number of hydrogen-bond donors (Lipinski definition) is 1. The van der Waals surface area contributed by atoms with E-state index in [9.17, 15) is 0 Å². The van der Waals surface area contributed by atoms with Gasteiger partial charge < -0.3 is 5.32 Å². The smallest absolute Gasteiger partial charge is 0.0235 e. The lowest BCUT2D eigenvalue weighted by Crippen LogP contribution is -2.41. The molecule has 0 spiro atoms. The van der Waals surface area contributed by atoms with E-state index in [1.807, 2.05) is 0 Å². The van der Waals surface area contributed by atoms with E-state index in [0.29, 0.717) is 0 Å². The van der Waals surface area contributed by atoms with Gasteiger partial charge in [0.25, 0.3) is 0 Å². The second-order valence-electron chi connectivity index (χ2n) is 6.88. The molecule has 0 bridgehead atoms. The first-order valence-corrected chi connectivity index (χ1v) is 8.34. The molecule has 3 rings (SSSR count). The molecular formula is C16H30N2. The third-order valence-corrected chi connectivity index (χ3v) is 5.66. The Kier molecular flexibility index (Phi) is 4.25. The minimum atomic E-state index is 0.826. The van der Waals surface area contributed by atoms with Gasteiger partial charge in [0.2, 0.25) is 0 Å². The zero-order valence-corrected chi connectivity index (χ0v) is 12.0. The summed E-state index contributed by atoms with van der Waals surface area (Å²) in [6.45, 7) is 6.33. The van der Waals surface area contributed by atoms with Crippen molar-refractivity contribution < 1.29 is 0 Å². The average Bonchev–Trinajstić information content (AvgIpc) is 2.84. The summed E-state index contributed by atoms with van der Waals surface area (Å²) in [6, 6.07) is 1.75. The monoisotopic (exact) mass is 250 g/mol. The van der Waals surface area contributed by atoms with Crippen LogP contribution in [0.5, 0.6) is 0 Å². The fourth-order valence-corrected chi connectivity index (χ4v) is 4.59. The average molecular weight is 250 g/mol. The van der Waals surface area contributed by atoms with Gasteiger partial charge in [-0.2, -0.15) is 0 Å². The largest absolute Gasteiger partial charge is 0.312 e. The van der Waals surface area contributed by atoms with E-state index >= 15 is 0 Å². The Balaban J connectivity index is 1.48. The maximum absolute atomic E-state index is 3.74. The van der Waals surface area contributed by atoms with Crippen molar-refractivity contribution in [2.24, 2.45) is 11.8 Å². The highest BCUT2D eigenvalue weighted by atomic mass is 15.2. The van der Waals surface area contributed by atoms with Crippen LogP contribution in [-0.2, 0) is 0 Å². The van der Waals surface area contributed by atoms with E-state index < -0.39 is 0 Å². The van der Waals surface area contributed by atoms with Gasteiger partial charge in [-0.25, -0.2) is 0 Å². The van der Waals surface area contributed by atoms with Crippen LogP contribution in [0.1, 0.15) is 58.3 Å². The molecule has 2 heterocycles. The summed E-state index contributed by atoms with van der Waals surface area (Å²) >= 11 is 0. The molecule has 1 N–H and O–H groups in total. The molecule has 2 saturated heterocycles. The van der Waals surface area contributed by atoms with Crippen molar-refractivity contribution in [2.45, 2.75) is 70.4 Å². The zero-order valence-electron chi connectivity index (χ0n) is 12.0. The highest BCUT2D eigenvalue weighted by Crippen LogP contribution is 2.34. The van der Waals surface area contributed by atoms with Gasteiger partial charge >= 0.3 is 0 Å². The van der Waals surface area contributed by atoms with Crippen LogP contribution >= 0.6 is 0 Å². The predicted octanol–water partition coefficient (Wildman–Crippen LogP) is 3.03. The molecule has 2 atom stereocenters. The van der Waals surface area contributed by atoms with Crippen molar-refractivity contribution in [1.29, 1.82) is 0 Å². The molecule has 1 aliphatic carbocycles. The molecule has 2 heteroatoms. The van der Waals surface area contributed by atoms with E-state index in [1.54, 1.807) is 0 Å². The van der Waals surface area contributed by atoms with Crippen molar-refractivity contribution in [1.82, 2.24) is 10.2 Å². The van der Waals surface area contributed by atoms with Gasteiger partial charge in [-0.3, -0.25) is 4.90 Å². The molecule has 2 aliphatic heterocycles. The second-order valence-corrected chi connectivity index (χ2v) is 6.88. The summed E-state index contributed by atoms with van der Waals surface area (Å²) < 4.78 is 0. The summed E-state index contributed by atoms with van der Waals surface area (Å²) in [5.41, 5.74) is 0. The molecule has 0 radical (unpaired) electrons. The standard InChI is InChI=1S/C16H30N2/c1-2-4-13-6-8-15(9-7-13)18-11-14-5-3-10-17-16(14)12-18/h13-17H,2-12H2,1H3/t13?,14-,15?,16+/m0/s1. The first-order chi connectivity index (χ1) is 8.86. The Morgan fingerprint density at radius 2 is 1.89 bits per heavy atom. The van der Waals surface area contributed by atoms with Gasteiger partial charge in [-0.15, -0.1) is 0 Å². The van der Waals surface area contributed by atoms with Crippen LogP contribution in [0.4, 0.5) is 0 Å². The molecule has 0 aromatic carbocycles. The lowest BCUT2D eigenvalue weighted by Gasteiger charge is -2.34. The Bertz CT molecular complexity index is 244. The van der Waals surface area contributed by atoms with E-state index in [0.717, 1.165) is 23.9 Å². The molecule has 2 nitrogen and oxygen atoms in total. The van der Waals surface area contributed by atoms with Crippen molar-refractivity contribution in [3.8, 4) is 0 Å². The molecule has 0 aromatic heterocycles. The Morgan fingerprint density at radius 3 is 2.61 bits per heavy atom. The number of fused-ring (bicyclic) bond motifs is 1. The molecule has 0 amide bonds. The van der Waals surface area contributed by atoms with Crippen LogP contribution in [-0.4, -0.2) is 36.6 Å². The molecular weight excluding hydrogens is 220 g/mol. The second kappa shape index (κ2) is 5.92. The predicted molar refractivity (Wildman–Crippen MR) is 76.7 cm³/mol. The maximum Gasteiger partial charge on any atom is 0.0235 e. The lowest BCUT2D eigenvalue weighted by atomic mass is 9.83. The van der Waals surface area contributed by atoms with Crippen molar-refractivity contribution >= 4 is 0 Å². The molecule has 0 aromatic rings. The number of rotatable bonds is 3. The van der Waals surface area contributed by atoms with Crippen LogP contribution in [0.3, 0.4) is 0 Å². The van der Waals surface area contributed by atoms with Gasteiger partial charge in [0.1, 0.15) is 0 Å². The highest BCUT2D eigenvalue weighted by molar-refractivity contribution is 4.95. The van der Waals surface area contributed by atoms with Crippen molar-refractivity contribution in [3.05, 3.63) is 0 Å². The van der Waals surface area contributed by atoms with Gasteiger partial charge in [-0.1, -0.05) is 19.8 Å². The Labute approximate surface area is 113 Å².